The lowest BCUT2D eigenvalue weighted by Crippen LogP contribution is -2.41. The first kappa shape index (κ1) is 13.2. The summed E-state index contributed by atoms with van der Waals surface area (Å²) in [5.74, 6) is -0.803. The third-order valence-corrected chi connectivity index (χ3v) is 4.33. The minimum Gasteiger partial charge on any atom is -0.535 e. The van der Waals surface area contributed by atoms with Gasteiger partial charge in [0.2, 0.25) is 0 Å². The number of fused-ring (bicyclic) bond motifs is 1. The third-order valence-electron chi connectivity index (χ3n) is 3.11. The van der Waals surface area contributed by atoms with E-state index in [1.807, 2.05) is 6.07 Å². The molecule has 0 spiro atoms. The summed E-state index contributed by atoms with van der Waals surface area (Å²) in [5, 5.41) is 27.5. The topological polar surface area (TPSA) is 91.5 Å². The molecule has 102 valence electrons. The van der Waals surface area contributed by atoms with Gasteiger partial charge in [0.15, 0.2) is 0 Å². The fraction of sp³-hybridized carbons (Fsp3) is 0.250. The maximum absolute atomic E-state index is 11.1. The van der Waals surface area contributed by atoms with E-state index < -0.39 is 13.1 Å². The van der Waals surface area contributed by atoms with Crippen LogP contribution in [-0.2, 0) is 6.42 Å². The molecule has 1 aromatic rings. The second-order valence-corrected chi connectivity index (χ2v) is 5.78. The molecule has 2 N–H and O–H groups in total. The van der Waals surface area contributed by atoms with Gasteiger partial charge in [0.05, 0.1) is 10.7 Å². The Bertz CT molecular complexity index is 619. The smallest absolute Gasteiger partial charge is 0.535 e. The summed E-state index contributed by atoms with van der Waals surface area (Å²) in [6.07, 6.45) is 2.89. The molecule has 8 heteroatoms. The maximum Gasteiger partial charge on any atom is 0.537 e. The van der Waals surface area contributed by atoms with Gasteiger partial charge in [-0.05, 0) is 18.1 Å². The highest BCUT2D eigenvalue weighted by atomic mass is 32.2. The molecular formula is C12H11BN2O4S. The van der Waals surface area contributed by atoms with Crippen LogP contribution in [0.4, 0.5) is 0 Å². The van der Waals surface area contributed by atoms with Gasteiger partial charge in [0, 0.05) is 12.6 Å². The number of benzene rings is 1. The van der Waals surface area contributed by atoms with E-state index >= 15 is 0 Å². The molecule has 0 radical (unpaired) electrons. The second kappa shape index (κ2) is 5.30. The van der Waals surface area contributed by atoms with Crippen LogP contribution in [0, 0.1) is 0 Å². The van der Waals surface area contributed by atoms with Gasteiger partial charge in [-0.1, -0.05) is 12.1 Å². The van der Waals surface area contributed by atoms with E-state index in [0.29, 0.717) is 12.8 Å². The standard InChI is InChI=1S/C12H11BN2O4S/c16-12(17)8-3-1-2-7-6-9(13(18)19-11(7)8)20-10-4-5-14-15-10/h1-3,5,9,18H,4,6H2,(H,16,17)/t9-/m0/s1. The fourth-order valence-electron chi connectivity index (χ4n) is 2.18. The molecule has 0 fully saturated rings. The van der Waals surface area contributed by atoms with Gasteiger partial charge >= 0.3 is 13.1 Å². The highest BCUT2D eigenvalue weighted by Gasteiger charge is 2.38. The van der Waals surface area contributed by atoms with Crippen LogP contribution in [0.3, 0.4) is 0 Å². The lowest BCUT2D eigenvalue weighted by molar-refractivity contribution is 0.0694. The van der Waals surface area contributed by atoms with Crippen LogP contribution < -0.4 is 4.65 Å². The monoisotopic (exact) mass is 290 g/mol. The first-order valence-electron chi connectivity index (χ1n) is 6.10. The molecule has 2 aliphatic rings. The van der Waals surface area contributed by atoms with Crippen LogP contribution in [0.1, 0.15) is 22.3 Å². The van der Waals surface area contributed by atoms with Crippen LogP contribution in [-0.4, -0.2) is 39.6 Å². The molecule has 0 aliphatic carbocycles. The molecule has 3 rings (SSSR count). The molecule has 0 aromatic heterocycles. The molecule has 1 atom stereocenters. The molecule has 1 aromatic carbocycles. The molecule has 2 aliphatic heterocycles. The molecule has 0 unspecified atom stereocenters. The van der Waals surface area contributed by atoms with E-state index in [1.54, 1.807) is 12.3 Å². The molecule has 0 saturated carbocycles. The van der Waals surface area contributed by atoms with E-state index in [1.165, 1.54) is 17.8 Å². The molecule has 6 nitrogen and oxygen atoms in total. The fourth-order valence-corrected chi connectivity index (χ4v) is 3.23. The summed E-state index contributed by atoms with van der Waals surface area (Å²) in [4.78, 5) is 11.1. The number of hydrogen-bond donors (Lipinski definition) is 2. The minimum atomic E-state index is -1.06. The zero-order chi connectivity index (χ0) is 14.1. The first-order chi connectivity index (χ1) is 9.65. The number of para-hydroxylation sites is 1. The molecule has 0 amide bonds. The normalized spacial score (nSPS) is 20.4. The van der Waals surface area contributed by atoms with Crippen molar-refractivity contribution in [1.82, 2.24) is 0 Å². The van der Waals surface area contributed by atoms with Crippen molar-refractivity contribution in [2.24, 2.45) is 10.2 Å². The van der Waals surface area contributed by atoms with E-state index in [0.717, 1.165) is 10.6 Å². The lowest BCUT2D eigenvalue weighted by atomic mass is 9.77. The summed E-state index contributed by atoms with van der Waals surface area (Å²) in [7, 11) is -1.06. The SMILES string of the molecule is O=C(O)c1cccc2c1OB(O)[C@@H](SC1=NN=CC1)C2. The Balaban J connectivity index is 1.83. The lowest BCUT2D eigenvalue weighted by Gasteiger charge is -2.27. The van der Waals surface area contributed by atoms with Crippen molar-refractivity contribution in [3.05, 3.63) is 29.3 Å². The van der Waals surface area contributed by atoms with Crippen molar-refractivity contribution >= 4 is 36.1 Å². The highest BCUT2D eigenvalue weighted by molar-refractivity contribution is 8.15. The number of rotatable bonds is 2. The Kier molecular flexibility index (Phi) is 3.50. The van der Waals surface area contributed by atoms with Crippen molar-refractivity contribution in [2.75, 3.05) is 0 Å². The van der Waals surface area contributed by atoms with Crippen molar-refractivity contribution in [3.63, 3.8) is 0 Å². The average molecular weight is 290 g/mol. The molecule has 20 heavy (non-hydrogen) atoms. The number of carboxylic acid groups (broad SMARTS) is 1. The van der Waals surface area contributed by atoms with Crippen molar-refractivity contribution < 1.29 is 19.6 Å². The average Bonchev–Trinajstić information content (AvgIpc) is 2.91. The van der Waals surface area contributed by atoms with Gasteiger partial charge < -0.3 is 14.8 Å². The van der Waals surface area contributed by atoms with Crippen LogP contribution in [0.5, 0.6) is 5.75 Å². The minimum absolute atomic E-state index is 0.0755. The number of hydrogen-bond acceptors (Lipinski definition) is 6. The zero-order valence-corrected chi connectivity index (χ0v) is 11.2. The van der Waals surface area contributed by atoms with Crippen molar-refractivity contribution in [3.8, 4) is 5.75 Å². The summed E-state index contributed by atoms with van der Waals surface area (Å²) in [6.45, 7) is 0. The van der Waals surface area contributed by atoms with E-state index in [4.69, 9.17) is 9.76 Å². The van der Waals surface area contributed by atoms with Crippen LogP contribution in [0.15, 0.2) is 28.4 Å². The highest BCUT2D eigenvalue weighted by Crippen LogP contribution is 2.34. The van der Waals surface area contributed by atoms with Gasteiger partial charge in [-0.25, -0.2) is 4.79 Å². The van der Waals surface area contributed by atoms with Crippen molar-refractivity contribution in [1.29, 1.82) is 0 Å². The van der Waals surface area contributed by atoms with Crippen LogP contribution >= 0.6 is 11.8 Å². The number of carboxylic acids is 1. The summed E-state index contributed by atoms with van der Waals surface area (Å²) < 4.78 is 5.41. The van der Waals surface area contributed by atoms with E-state index in [2.05, 4.69) is 10.2 Å². The van der Waals surface area contributed by atoms with Gasteiger partial charge in [-0.2, -0.15) is 5.10 Å². The largest absolute Gasteiger partial charge is 0.537 e. The quantitative estimate of drug-likeness (QED) is 0.799. The predicted octanol–water partition coefficient (Wildman–Crippen LogP) is 1.23. The number of aromatic carboxylic acids is 1. The Hall–Kier alpha value is -1.80. The Morgan fingerprint density at radius 2 is 2.35 bits per heavy atom. The number of thioether (sulfide) groups is 1. The Morgan fingerprint density at radius 3 is 3.05 bits per heavy atom. The van der Waals surface area contributed by atoms with Crippen LogP contribution in [0.25, 0.3) is 0 Å². The molecule has 0 bridgehead atoms. The number of nitrogens with zero attached hydrogens (tertiary/aromatic N) is 2. The van der Waals surface area contributed by atoms with Crippen LogP contribution in [0.2, 0.25) is 0 Å². The Morgan fingerprint density at radius 1 is 1.50 bits per heavy atom. The number of carbonyl (C=O) groups is 1. The van der Waals surface area contributed by atoms with E-state index in [9.17, 15) is 9.82 Å². The molecule has 2 heterocycles. The van der Waals surface area contributed by atoms with Crippen molar-refractivity contribution in [2.45, 2.75) is 18.0 Å². The summed E-state index contributed by atoms with van der Waals surface area (Å²) >= 11 is 1.42. The van der Waals surface area contributed by atoms with Gasteiger partial charge in [-0.15, -0.1) is 16.9 Å². The molecule has 0 saturated heterocycles. The Labute approximate surface area is 119 Å². The maximum atomic E-state index is 11.1. The summed E-state index contributed by atoms with van der Waals surface area (Å²) in [6, 6.07) is 4.96. The zero-order valence-electron chi connectivity index (χ0n) is 10.4. The van der Waals surface area contributed by atoms with Gasteiger partial charge in [0.1, 0.15) is 10.8 Å². The van der Waals surface area contributed by atoms with Gasteiger partial charge in [-0.3, -0.25) is 0 Å². The summed E-state index contributed by atoms with van der Waals surface area (Å²) in [5.41, 5.74) is 0.860. The molecular weight excluding hydrogens is 279 g/mol. The second-order valence-electron chi connectivity index (χ2n) is 4.46. The van der Waals surface area contributed by atoms with E-state index in [-0.39, 0.29) is 16.5 Å². The third kappa shape index (κ3) is 2.44. The van der Waals surface area contributed by atoms with Gasteiger partial charge in [0.25, 0.3) is 0 Å². The first-order valence-corrected chi connectivity index (χ1v) is 6.98. The predicted molar refractivity (Wildman–Crippen MR) is 77.6 cm³/mol.